The number of benzene rings is 2. The highest BCUT2D eigenvalue weighted by atomic mass is 16.5. The second-order valence-electron chi connectivity index (χ2n) is 6.74. The summed E-state index contributed by atoms with van der Waals surface area (Å²) in [6.45, 7) is 3.64. The van der Waals surface area contributed by atoms with E-state index in [9.17, 15) is 9.59 Å². The van der Waals surface area contributed by atoms with E-state index in [0.717, 1.165) is 0 Å². The molecular formula is C23H22N4O4. The van der Waals surface area contributed by atoms with E-state index in [-0.39, 0.29) is 30.3 Å². The van der Waals surface area contributed by atoms with Gasteiger partial charge < -0.3 is 14.8 Å². The zero-order chi connectivity index (χ0) is 22.0. The maximum absolute atomic E-state index is 13.0. The van der Waals surface area contributed by atoms with Gasteiger partial charge in [-0.3, -0.25) is 9.36 Å². The summed E-state index contributed by atoms with van der Waals surface area (Å²) in [6.07, 6.45) is 0.235. The van der Waals surface area contributed by atoms with Crippen LogP contribution in [0.25, 0.3) is 27.9 Å². The molecule has 4 rings (SSSR count). The lowest BCUT2D eigenvalue weighted by atomic mass is 10.2. The summed E-state index contributed by atoms with van der Waals surface area (Å²) < 4.78 is 12.5. The van der Waals surface area contributed by atoms with Crippen LogP contribution in [0, 0.1) is 0 Å². The third-order valence-corrected chi connectivity index (χ3v) is 4.85. The van der Waals surface area contributed by atoms with Gasteiger partial charge in [0, 0.05) is 6.42 Å². The monoisotopic (exact) mass is 418 g/mol. The average molecular weight is 418 g/mol. The zero-order valence-corrected chi connectivity index (χ0v) is 17.5. The van der Waals surface area contributed by atoms with Crippen LogP contribution >= 0.6 is 0 Å². The van der Waals surface area contributed by atoms with Gasteiger partial charge in [0.2, 0.25) is 5.91 Å². The van der Waals surface area contributed by atoms with E-state index in [4.69, 9.17) is 19.4 Å². The number of fused-ring (bicyclic) bond motifs is 2. The van der Waals surface area contributed by atoms with Crippen LogP contribution in [0.15, 0.2) is 48.5 Å². The molecule has 0 saturated heterocycles. The molecule has 158 valence electrons. The van der Waals surface area contributed by atoms with Crippen LogP contribution in [-0.4, -0.2) is 40.1 Å². The molecule has 0 bridgehead atoms. The van der Waals surface area contributed by atoms with Gasteiger partial charge in [-0.25, -0.2) is 14.8 Å². The summed E-state index contributed by atoms with van der Waals surface area (Å²) >= 11 is 0. The lowest BCUT2D eigenvalue weighted by Crippen LogP contribution is -2.17. The molecule has 1 N–H and O–H groups in total. The summed E-state index contributed by atoms with van der Waals surface area (Å²) in [7, 11) is 1.56. The van der Waals surface area contributed by atoms with Crippen molar-refractivity contribution in [1.82, 2.24) is 14.5 Å². The number of ether oxygens (including phenoxy) is 2. The fourth-order valence-corrected chi connectivity index (χ4v) is 3.43. The van der Waals surface area contributed by atoms with Gasteiger partial charge in [0.25, 0.3) is 0 Å². The molecule has 0 aliphatic rings. The molecular weight excluding hydrogens is 396 g/mol. The summed E-state index contributed by atoms with van der Waals surface area (Å²) in [5.74, 6) is -0.0388. The Morgan fingerprint density at radius 2 is 1.68 bits per heavy atom. The van der Waals surface area contributed by atoms with Gasteiger partial charge in [-0.1, -0.05) is 31.2 Å². The molecule has 8 nitrogen and oxygen atoms in total. The van der Waals surface area contributed by atoms with E-state index in [1.807, 2.05) is 42.5 Å². The third kappa shape index (κ3) is 3.56. The van der Waals surface area contributed by atoms with Crippen LogP contribution < -0.4 is 10.1 Å². The van der Waals surface area contributed by atoms with Gasteiger partial charge in [0.1, 0.15) is 22.6 Å². The minimum absolute atomic E-state index is 0.155. The number of methoxy groups -OCH3 is 1. The first kappa shape index (κ1) is 20.3. The largest absolute Gasteiger partial charge is 0.495 e. The van der Waals surface area contributed by atoms with Crippen LogP contribution in [0.1, 0.15) is 30.6 Å². The molecule has 0 radical (unpaired) electrons. The Labute approximate surface area is 178 Å². The highest BCUT2D eigenvalue weighted by molar-refractivity contribution is 6.12. The number of nitrogens with one attached hydrogen (secondary N) is 1. The number of carbonyl (C=O) groups is 2. The van der Waals surface area contributed by atoms with Crippen molar-refractivity contribution in [2.75, 3.05) is 19.0 Å². The molecule has 0 aliphatic carbocycles. The highest BCUT2D eigenvalue weighted by Crippen LogP contribution is 2.36. The maximum atomic E-state index is 13.0. The molecule has 8 heteroatoms. The number of anilines is 1. The number of carbonyl (C=O) groups excluding carboxylic acids is 2. The van der Waals surface area contributed by atoms with Crippen molar-refractivity contribution in [1.29, 1.82) is 0 Å². The average Bonchev–Trinajstić information content (AvgIpc) is 3.09. The van der Waals surface area contributed by atoms with Crippen molar-refractivity contribution >= 4 is 39.9 Å². The van der Waals surface area contributed by atoms with Crippen LogP contribution in [-0.2, 0) is 9.53 Å². The van der Waals surface area contributed by atoms with E-state index >= 15 is 0 Å². The standard InChI is InChI=1S/C23H22N4O4/c1-4-18(28)26-21-19(23(29)31-5-2)20-22(25-15-11-7-6-10-14(15)24-20)27(21)16-12-8-9-13-17(16)30-3/h6-13H,4-5H2,1-3H3,(H,26,28). The van der Waals surface area contributed by atoms with E-state index in [0.29, 0.717) is 33.6 Å². The smallest absolute Gasteiger partial charge is 0.344 e. The molecule has 0 saturated carbocycles. The molecule has 0 aliphatic heterocycles. The number of amides is 1. The summed E-state index contributed by atoms with van der Waals surface area (Å²) in [5, 5.41) is 2.85. The van der Waals surface area contributed by atoms with Crippen LogP contribution in [0.4, 0.5) is 5.82 Å². The number of aromatic nitrogens is 3. The van der Waals surface area contributed by atoms with E-state index < -0.39 is 5.97 Å². The van der Waals surface area contributed by atoms with Crippen LogP contribution in [0.3, 0.4) is 0 Å². The van der Waals surface area contributed by atoms with Crippen molar-refractivity contribution in [3.63, 3.8) is 0 Å². The second kappa shape index (κ2) is 8.43. The van der Waals surface area contributed by atoms with E-state index in [1.54, 1.807) is 31.6 Å². The van der Waals surface area contributed by atoms with Gasteiger partial charge in [-0.05, 0) is 31.2 Å². The number of hydrogen-bond acceptors (Lipinski definition) is 6. The Morgan fingerprint density at radius 1 is 1.00 bits per heavy atom. The Morgan fingerprint density at radius 3 is 2.35 bits per heavy atom. The Hall–Kier alpha value is -3.94. The second-order valence-corrected chi connectivity index (χ2v) is 6.74. The lowest BCUT2D eigenvalue weighted by molar-refractivity contribution is -0.115. The van der Waals surface area contributed by atoms with Crippen molar-refractivity contribution in [3.05, 3.63) is 54.1 Å². The SMILES string of the molecule is CCOC(=O)c1c(NC(=O)CC)n(-c2ccccc2OC)c2nc3ccccc3nc12. The first-order valence-electron chi connectivity index (χ1n) is 10.0. The fourth-order valence-electron chi connectivity index (χ4n) is 3.43. The minimum Gasteiger partial charge on any atom is -0.495 e. The lowest BCUT2D eigenvalue weighted by Gasteiger charge is -2.15. The third-order valence-electron chi connectivity index (χ3n) is 4.85. The molecule has 0 atom stereocenters. The molecule has 4 aromatic rings. The van der Waals surface area contributed by atoms with Crippen LogP contribution in [0.5, 0.6) is 5.75 Å². The number of nitrogens with zero attached hydrogens (tertiary/aromatic N) is 3. The highest BCUT2D eigenvalue weighted by Gasteiger charge is 2.29. The summed E-state index contributed by atoms with van der Waals surface area (Å²) in [6, 6.07) is 14.7. The fraction of sp³-hybridized carbons (Fsp3) is 0.217. The molecule has 1 amide bonds. The maximum Gasteiger partial charge on any atom is 0.344 e. The van der Waals surface area contributed by atoms with Gasteiger partial charge in [0.05, 0.1) is 30.4 Å². The van der Waals surface area contributed by atoms with E-state index in [2.05, 4.69) is 5.32 Å². The van der Waals surface area contributed by atoms with Crippen molar-refractivity contribution in [3.8, 4) is 11.4 Å². The summed E-state index contributed by atoms with van der Waals surface area (Å²) in [4.78, 5) is 34.9. The number of hydrogen-bond donors (Lipinski definition) is 1. The van der Waals surface area contributed by atoms with Gasteiger partial charge in [0.15, 0.2) is 5.65 Å². The molecule has 0 spiro atoms. The van der Waals surface area contributed by atoms with Gasteiger partial charge >= 0.3 is 5.97 Å². The quantitative estimate of drug-likeness (QED) is 0.474. The topological polar surface area (TPSA) is 95.3 Å². The molecule has 2 aromatic carbocycles. The van der Waals surface area contributed by atoms with Crippen LogP contribution in [0.2, 0.25) is 0 Å². The number of para-hydroxylation sites is 4. The van der Waals surface area contributed by atoms with Crippen molar-refractivity contribution < 1.29 is 19.1 Å². The first-order chi connectivity index (χ1) is 15.1. The van der Waals surface area contributed by atoms with Crippen molar-refractivity contribution in [2.45, 2.75) is 20.3 Å². The predicted molar refractivity (Wildman–Crippen MR) is 118 cm³/mol. The predicted octanol–water partition coefficient (Wildman–Crippen LogP) is 4.11. The Balaban J connectivity index is 2.16. The number of esters is 1. The summed E-state index contributed by atoms with van der Waals surface area (Å²) in [5.41, 5.74) is 2.81. The van der Waals surface area contributed by atoms with Gasteiger partial charge in [-0.15, -0.1) is 0 Å². The molecule has 2 aromatic heterocycles. The first-order valence-corrected chi connectivity index (χ1v) is 10.0. The Kier molecular flexibility index (Phi) is 5.53. The zero-order valence-electron chi connectivity index (χ0n) is 17.5. The molecule has 31 heavy (non-hydrogen) atoms. The normalized spacial score (nSPS) is 10.9. The molecule has 2 heterocycles. The minimum atomic E-state index is -0.586. The number of rotatable bonds is 6. The Bertz CT molecular complexity index is 1300. The van der Waals surface area contributed by atoms with Gasteiger partial charge in [-0.2, -0.15) is 0 Å². The molecule has 0 unspecified atom stereocenters. The van der Waals surface area contributed by atoms with Crippen molar-refractivity contribution in [2.24, 2.45) is 0 Å². The van der Waals surface area contributed by atoms with E-state index in [1.165, 1.54) is 0 Å². The molecule has 0 fully saturated rings.